The molecule has 2 aromatic rings. The summed E-state index contributed by atoms with van der Waals surface area (Å²) in [5.74, 6) is 0.731. The van der Waals surface area contributed by atoms with Crippen LogP contribution < -0.4 is 10.1 Å². The van der Waals surface area contributed by atoms with Gasteiger partial charge in [0.15, 0.2) is 0 Å². The van der Waals surface area contributed by atoms with Crippen LogP contribution in [0.25, 0.3) is 0 Å². The molecular formula is C18H19F3N2O2. The third kappa shape index (κ3) is 5.41. The van der Waals surface area contributed by atoms with Gasteiger partial charge < -0.3 is 15.0 Å². The van der Waals surface area contributed by atoms with Crippen LogP contribution in [0.5, 0.6) is 5.75 Å². The Hall–Kier alpha value is -2.70. The summed E-state index contributed by atoms with van der Waals surface area (Å²) in [6, 6.07) is 11.7. The first-order chi connectivity index (χ1) is 11.8. The summed E-state index contributed by atoms with van der Waals surface area (Å²) in [6.45, 7) is 0.562. The first kappa shape index (κ1) is 18.6. The van der Waals surface area contributed by atoms with E-state index in [0.717, 1.165) is 23.4 Å². The zero-order valence-electron chi connectivity index (χ0n) is 13.9. The minimum atomic E-state index is -4.36. The van der Waals surface area contributed by atoms with Gasteiger partial charge in [-0.25, -0.2) is 4.79 Å². The van der Waals surface area contributed by atoms with E-state index in [0.29, 0.717) is 12.1 Å². The molecule has 0 unspecified atom stereocenters. The van der Waals surface area contributed by atoms with E-state index in [4.69, 9.17) is 4.74 Å². The molecule has 0 fully saturated rings. The molecule has 0 aliphatic heterocycles. The molecule has 0 aliphatic carbocycles. The van der Waals surface area contributed by atoms with Gasteiger partial charge in [-0.1, -0.05) is 24.3 Å². The Morgan fingerprint density at radius 2 is 1.60 bits per heavy atom. The summed E-state index contributed by atoms with van der Waals surface area (Å²) in [5.41, 5.74) is 0.829. The molecule has 0 spiro atoms. The normalized spacial score (nSPS) is 11.1. The molecule has 1 N–H and O–H groups in total. The Morgan fingerprint density at radius 3 is 2.12 bits per heavy atom. The highest BCUT2D eigenvalue weighted by molar-refractivity contribution is 5.73. The SMILES string of the molecule is COc1ccc(CNC(=O)N(C)Cc2ccc(C(F)(F)F)cc2)cc1. The number of hydrogen-bond acceptors (Lipinski definition) is 2. The number of benzene rings is 2. The molecule has 2 rings (SSSR count). The first-order valence-electron chi connectivity index (χ1n) is 7.57. The molecular weight excluding hydrogens is 333 g/mol. The van der Waals surface area contributed by atoms with Gasteiger partial charge in [0, 0.05) is 20.1 Å². The maximum atomic E-state index is 12.5. The molecule has 0 atom stereocenters. The number of halogens is 3. The van der Waals surface area contributed by atoms with Crippen LogP contribution in [-0.2, 0) is 19.3 Å². The van der Waals surface area contributed by atoms with Crippen LogP contribution in [0, 0.1) is 0 Å². The molecule has 7 heteroatoms. The summed E-state index contributed by atoms with van der Waals surface area (Å²) in [7, 11) is 3.16. The molecule has 2 amide bonds. The third-order valence-corrected chi connectivity index (χ3v) is 3.65. The lowest BCUT2D eigenvalue weighted by Gasteiger charge is -2.18. The first-order valence-corrected chi connectivity index (χ1v) is 7.57. The maximum absolute atomic E-state index is 12.5. The number of alkyl halides is 3. The molecule has 0 heterocycles. The molecule has 2 aromatic carbocycles. The minimum absolute atomic E-state index is 0.215. The van der Waals surface area contributed by atoms with Crippen molar-refractivity contribution >= 4 is 6.03 Å². The van der Waals surface area contributed by atoms with Gasteiger partial charge in [-0.05, 0) is 35.4 Å². The largest absolute Gasteiger partial charge is 0.497 e. The Labute approximate surface area is 144 Å². The number of nitrogens with one attached hydrogen (secondary N) is 1. The van der Waals surface area contributed by atoms with Crippen molar-refractivity contribution in [1.82, 2.24) is 10.2 Å². The van der Waals surface area contributed by atoms with E-state index >= 15 is 0 Å². The lowest BCUT2D eigenvalue weighted by Crippen LogP contribution is -2.36. The summed E-state index contributed by atoms with van der Waals surface area (Å²) in [4.78, 5) is 13.5. The number of methoxy groups -OCH3 is 1. The smallest absolute Gasteiger partial charge is 0.416 e. The highest BCUT2D eigenvalue weighted by atomic mass is 19.4. The highest BCUT2D eigenvalue weighted by Gasteiger charge is 2.29. The van der Waals surface area contributed by atoms with Gasteiger partial charge in [-0.2, -0.15) is 13.2 Å². The van der Waals surface area contributed by atoms with E-state index in [-0.39, 0.29) is 12.6 Å². The average Bonchev–Trinajstić information content (AvgIpc) is 2.59. The van der Waals surface area contributed by atoms with E-state index in [1.54, 1.807) is 26.3 Å². The van der Waals surface area contributed by atoms with E-state index < -0.39 is 11.7 Å². The molecule has 0 aliphatic rings. The molecule has 0 bridgehead atoms. The van der Waals surface area contributed by atoms with Crippen molar-refractivity contribution in [2.75, 3.05) is 14.2 Å². The van der Waals surface area contributed by atoms with Crippen LogP contribution in [0.4, 0.5) is 18.0 Å². The van der Waals surface area contributed by atoms with E-state index in [1.807, 2.05) is 12.1 Å². The number of hydrogen-bond donors (Lipinski definition) is 1. The van der Waals surface area contributed by atoms with Crippen molar-refractivity contribution in [2.45, 2.75) is 19.3 Å². The number of urea groups is 1. The Kier molecular flexibility index (Phi) is 5.90. The standard InChI is InChI=1S/C18H19F3N2O2/c1-23(12-14-3-7-15(8-4-14)18(19,20)21)17(24)22-11-13-5-9-16(25-2)10-6-13/h3-10H,11-12H2,1-2H3,(H,22,24). The van der Waals surface area contributed by atoms with Crippen molar-refractivity contribution in [3.05, 3.63) is 65.2 Å². The number of ether oxygens (including phenoxy) is 1. The maximum Gasteiger partial charge on any atom is 0.416 e. The molecule has 0 radical (unpaired) electrons. The second kappa shape index (κ2) is 7.92. The average molecular weight is 352 g/mol. The monoisotopic (exact) mass is 352 g/mol. The number of carbonyl (C=O) groups is 1. The zero-order valence-corrected chi connectivity index (χ0v) is 13.9. The summed E-state index contributed by atoms with van der Waals surface area (Å²) in [5, 5.41) is 2.76. The van der Waals surface area contributed by atoms with Gasteiger partial charge in [-0.15, -0.1) is 0 Å². The fraction of sp³-hybridized carbons (Fsp3) is 0.278. The fourth-order valence-electron chi connectivity index (χ4n) is 2.20. The van der Waals surface area contributed by atoms with Crippen LogP contribution in [0.3, 0.4) is 0 Å². The number of nitrogens with zero attached hydrogens (tertiary/aromatic N) is 1. The van der Waals surface area contributed by atoms with Crippen LogP contribution in [-0.4, -0.2) is 25.1 Å². The van der Waals surface area contributed by atoms with Crippen molar-refractivity contribution in [3.63, 3.8) is 0 Å². The van der Waals surface area contributed by atoms with Crippen molar-refractivity contribution < 1.29 is 22.7 Å². The topological polar surface area (TPSA) is 41.6 Å². The van der Waals surface area contributed by atoms with Gasteiger partial charge in [0.2, 0.25) is 0 Å². The number of rotatable bonds is 5. The van der Waals surface area contributed by atoms with Gasteiger partial charge in [-0.3, -0.25) is 0 Å². The Bertz CT molecular complexity index is 698. The lowest BCUT2D eigenvalue weighted by atomic mass is 10.1. The van der Waals surface area contributed by atoms with E-state index in [1.165, 1.54) is 17.0 Å². The molecule has 0 saturated heterocycles. The van der Waals surface area contributed by atoms with Gasteiger partial charge >= 0.3 is 12.2 Å². The van der Waals surface area contributed by atoms with Crippen molar-refractivity contribution in [2.24, 2.45) is 0 Å². The highest BCUT2D eigenvalue weighted by Crippen LogP contribution is 2.29. The predicted octanol–water partition coefficient (Wildman–Crippen LogP) is 4.06. The summed E-state index contributed by atoms with van der Waals surface area (Å²) in [6.07, 6.45) is -4.36. The number of amides is 2. The van der Waals surface area contributed by atoms with Gasteiger partial charge in [0.05, 0.1) is 12.7 Å². The Balaban J connectivity index is 1.87. The van der Waals surface area contributed by atoms with Crippen LogP contribution >= 0.6 is 0 Å². The van der Waals surface area contributed by atoms with Crippen LogP contribution in [0.1, 0.15) is 16.7 Å². The lowest BCUT2D eigenvalue weighted by molar-refractivity contribution is -0.137. The third-order valence-electron chi connectivity index (χ3n) is 3.65. The second-order valence-electron chi connectivity index (χ2n) is 5.56. The van der Waals surface area contributed by atoms with Gasteiger partial charge in [0.1, 0.15) is 5.75 Å². The second-order valence-corrected chi connectivity index (χ2v) is 5.56. The molecule has 0 aromatic heterocycles. The quantitative estimate of drug-likeness (QED) is 0.882. The fourth-order valence-corrected chi connectivity index (χ4v) is 2.20. The molecule has 25 heavy (non-hydrogen) atoms. The summed E-state index contributed by atoms with van der Waals surface area (Å²) >= 11 is 0. The molecule has 4 nitrogen and oxygen atoms in total. The van der Waals surface area contributed by atoms with E-state index in [2.05, 4.69) is 5.32 Å². The minimum Gasteiger partial charge on any atom is -0.497 e. The molecule has 0 saturated carbocycles. The summed E-state index contributed by atoms with van der Waals surface area (Å²) < 4.78 is 42.7. The van der Waals surface area contributed by atoms with Crippen LogP contribution in [0.2, 0.25) is 0 Å². The Morgan fingerprint density at radius 1 is 1.04 bits per heavy atom. The van der Waals surface area contributed by atoms with E-state index in [9.17, 15) is 18.0 Å². The van der Waals surface area contributed by atoms with Crippen LogP contribution in [0.15, 0.2) is 48.5 Å². The van der Waals surface area contributed by atoms with Crippen molar-refractivity contribution in [3.8, 4) is 5.75 Å². The molecule has 134 valence electrons. The number of carbonyl (C=O) groups excluding carboxylic acids is 1. The zero-order chi connectivity index (χ0) is 18.4. The van der Waals surface area contributed by atoms with Gasteiger partial charge in [0.25, 0.3) is 0 Å². The predicted molar refractivity (Wildman–Crippen MR) is 88.1 cm³/mol. The van der Waals surface area contributed by atoms with Crippen molar-refractivity contribution in [1.29, 1.82) is 0 Å².